The molecule has 0 unspecified atom stereocenters. The Morgan fingerprint density at radius 3 is 2.72 bits per heavy atom. The van der Waals surface area contributed by atoms with Gasteiger partial charge in [-0.1, -0.05) is 18.2 Å². The van der Waals surface area contributed by atoms with Crippen LogP contribution in [0.1, 0.15) is 12.5 Å². The fraction of sp³-hybridized carbons (Fsp3) is 0.462. The van der Waals surface area contributed by atoms with Crippen molar-refractivity contribution in [2.75, 3.05) is 32.0 Å². The van der Waals surface area contributed by atoms with Crippen molar-refractivity contribution in [3.8, 4) is 0 Å². The van der Waals surface area contributed by atoms with Gasteiger partial charge in [0.05, 0.1) is 13.2 Å². The van der Waals surface area contributed by atoms with Crippen LogP contribution in [-0.2, 0) is 16.1 Å². The van der Waals surface area contributed by atoms with E-state index in [4.69, 9.17) is 16.2 Å². The Morgan fingerprint density at radius 2 is 2.11 bits per heavy atom. The van der Waals surface area contributed by atoms with Gasteiger partial charge in [0.1, 0.15) is 0 Å². The van der Waals surface area contributed by atoms with E-state index in [1.807, 2.05) is 36.1 Å². The van der Waals surface area contributed by atoms with E-state index in [0.29, 0.717) is 26.3 Å². The number of ether oxygens (including phenoxy) is 1. The molecule has 0 aliphatic carbocycles. The van der Waals surface area contributed by atoms with Gasteiger partial charge < -0.3 is 16.2 Å². The molecule has 0 aliphatic heterocycles. The second-order valence-electron chi connectivity index (χ2n) is 4.07. The van der Waals surface area contributed by atoms with E-state index in [1.165, 1.54) is 0 Å². The number of carbonyl (C=O) groups is 1. The minimum absolute atomic E-state index is 0.210. The first-order chi connectivity index (χ1) is 8.63. The van der Waals surface area contributed by atoms with Gasteiger partial charge in [-0.05, 0) is 18.6 Å². The van der Waals surface area contributed by atoms with Crippen LogP contribution in [0.25, 0.3) is 0 Å². The largest absolute Gasteiger partial charge is 0.398 e. The summed E-state index contributed by atoms with van der Waals surface area (Å²) >= 11 is 0. The van der Waals surface area contributed by atoms with Crippen molar-refractivity contribution < 1.29 is 9.53 Å². The van der Waals surface area contributed by atoms with E-state index in [1.54, 1.807) is 0 Å². The average molecular weight is 251 g/mol. The molecule has 18 heavy (non-hydrogen) atoms. The number of para-hydroxylation sites is 1. The molecule has 0 aromatic heterocycles. The van der Waals surface area contributed by atoms with Crippen molar-refractivity contribution in [1.29, 1.82) is 0 Å². The van der Waals surface area contributed by atoms with Gasteiger partial charge in [0.15, 0.2) is 0 Å². The lowest BCUT2D eigenvalue weighted by molar-refractivity contribution is -0.119. The third kappa shape index (κ3) is 5.16. The quantitative estimate of drug-likeness (QED) is 0.523. The number of hydrogen-bond donors (Lipinski definition) is 2. The second-order valence-corrected chi connectivity index (χ2v) is 4.07. The highest BCUT2D eigenvalue weighted by molar-refractivity contribution is 5.75. The number of nitrogen functional groups attached to an aromatic ring is 1. The Labute approximate surface area is 108 Å². The molecule has 0 spiro atoms. The van der Waals surface area contributed by atoms with Crippen LogP contribution >= 0.6 is 0 Å². The molecule has 0 radical (unpaired) electrons. The summed E-state index contributed by atoms with van der Waals surface area (Å²) in [5, 5.41) is 0. The summed E-state index contributed by atoms with van der Waals surface area (Å²) in [6, 6.07) is 7.61. The van der Waals surface area contributed by atoms with Crippen molar-refractivity contribution in [2.24, 2.45) is 5.73 Å². The van der Waals surface area contributed by atoms with Gasteiger partial charge in [-0.15, -0.1) is 0 Å². The molecule has 5 nitrogen and oxygen atoms in total. The van der Waals surface area contributed by atoms with Crippen molar-refractivity contribution in [3.05, 3.63) is 29.8 Å². The van der Waals surface area contributed by atoms with Gasteiger partial charge >= 0.3 is 0 Å². The van der Waals surface area contributed by atoms with Crippen LogP contribution in [0.4, 0.5) is 5.69 Å². The summed E-state index contributed by atoms with van der Waals surface area (Å²) in [6.07, 6.45) is 0. The molecule has 0 bridgehead atoms. The minimum Gasteiger partial charge on any atom is -0.398 e. The Bertz CT molecular complexity index is 382. The van der Waals surface area contributed by atoms with Gasteiger partial charge in [-0.3, -0.25) is 9.69 Å². The van der Waals surface area contributed by atoms with Gasteiger partial charge in [0, 0.05) is 25.4 Å². The van der Waals surface area contributed by atoms with Crippen molar-refractivity contribution in [3.63, 3.8) is 0 Å². The molecular weight excluding hydrogens is 230 g/mol. The third-order valence-corrected chi connectivity index (χ3v) is 2.58. The Balaban J connectivity index is 2.59. The predicted molar refractivity (Wildman–Crippen MR) is 71.8 cm³/mol. The lowest BCUT2D eigenvalue weighted by Crippen LogP contribution is -2.35. The van der Waals surface area contributed by atoms with Crippen LogP contribution < -0.4 is 11.5 Å². The van der Waals surface area contributed by atoms with Crippen LogP contribution in [0.15, 0.2) is 24.3 Å². The molecule has 0 heterocycles. The first-order valence-corrected chi connectivity index (χ1v) is 6.05. The van der Waals surface area contributed by atoms with E-state index < -0.39 is 0 Å². The number of anilines is 1. The molecule has 1 rings (SSSR count). The maximum atomic E-state index is 11.0. The van der Waals surface area contributed by atoms with E-state index in [9.17, 15) is 4.79 Å². The van der Waals surface area contributed by atoms with E-state index in [-0.39, 0.29) is 12.5 Å². The van der Waals surface area contributed by atoms with Crippen molar-refractivity contribution >= 4 is 11.6 Å². The summed E-state index contributed by atoms with van der Waals surface area (Å²) in [6.45, 7) is 4.65. The molecular formula is C13H21N3O2. The van der Waals surface area contributed by atoms with Crippen LogP contribution in [0.5, 0.6) is 0 Å². The highest BCUT2D eigenvalue weighted by atomic mass is 16.5. The Kier molecular flexibility index (Phi) is 6.18. The maximum absolute atomic E-state index is 11.0. The van der Waals surface area contributed by atoms with E-state index >= 15 is 0 Å². The second kappa shape index (κ2) is 7.68. The fourth-order valence-corrected chi connectivity index (χ4v) is 1.69. The fourth-order valence-electron chi connectivity index (χ4n) is 1.69. The number of nitrogens with zero attached hydrogens (tertiary/aromatic N) is 1. The highest BCUT2D eigenvalue weighted by Crippen LogP contribution is 2.13. The smallest absolute Gasteiger partial charge is 0.231 e. The zero-order chi connectivity index (χ0) is 13.4. The third-order valence-electron chi connectivity index (χ3n) is 2.58. The van der Waals surface area contributed by atoms with E-state index in [0.717, 1.165) is 11.3 Å². The van der Waals surface area contributed by atoms with Crippen LogP contribution in [0.3, 0.4) is 0 Å². The molecule has 100 valence electrons. The summed E-state index contributed by atoms with van der Waals surface area (Å²) in [5.41, 5.74) is 12.8. The number of carbonyl (C=O) groups excluding carboxylic acids is 1. The van der Waals surface area contributed by atoms with Gasteiger partial charge in [0.25, 0.3) is 0 Å². The highest BCUT2D eigenvalue weighted by Gasteiger charge is 2.10. The van der Waals surface area contributed by atoms with Crippen molar-refractivity contribution in [1.82, 2.24) is 4.90 Å². The Morgan fingerprint density at radius 1 is 1.39 bits per heavy atom. The predicted octanol–water partition coefficient (Wildman–Crippen LogP) is 0.593. The summed E-state index contributed by atoms with van der Waals surface area (Å²) < 4.78 is 5.29. The molecule has 0 aliphatic rings. The normalized spacial score (nSPS) is 10.8. The summed E-state index contributed by atoms with van der Waals surface area (Å²) in [4.78, 5) is 13.0. The van der Waals surface area contributed by atoms with Gasteiger partial charge in [-0.2, -0.15) is 0 Å². The number of nitrogens with two attached hydrogens (primary N) is 2. The molecule has 4 N–H and O–H groups in total. The topological polar surface area (TPSA) is 81.6 Å². The van der Waals surface area contributed by atoms with Crippen LogP contribution in [0, 0.1) is 0 Å². The zero-order valence-electron chi connectivity index (χ0n) is 10.8. The van der Waals surface area contributed by atoms with E-state index in [2.05, 4.69) is 0 Å². The lowest BCUT2D eigenvalue weighted by Gasteiger charge is -2.21. The number of benzene rings is 1. The van der Waals surface area contributed by atoms with Gasteiger partial charge in [0.2, 0.25) is 5.91 Å². The standard InChI is InChI=1S/C13H21N3O2/c1-2-18-8-7-16(10-13(15)17)9-11-5-3-4-6-12(11)14/h3-6H,2,7-10,14H2,1H3,(H2,15,17). The monoisotopic (exact) mass is 251 g/mol. The molecule has 0 saturated heterocycles. The van der Waals surface area contributed by atoms with Crippen LogP contribution in [-0.4, -0.2) is 37.1 Å². The first kappa shape index (κ1) is 14.5. The average Bonchev–Trinajstić information content (AvgIpc) is 2.31. The molecule has 1 aromatic carbocycles. The Hall–Kier alpha value is -1.59. The SMILES string of the molecule is CCOCCN(CC(N)=O)Cc1ccccc1N. The first-order valence-electron chi connectivity index (χ1n) is 6.05. The molecule has 1 amide bonds. The van der Waals surface area contributed by atoms with Crippen molar-refractivity contribution in [2.45, 2.75) is 13.5 Å². The molecule has 0 saturated carbocycles. The minimum atomic E-state index is -0.346. The molecule has 5 heteroatoms. The summed E-state index contributed by atoms with van der Waals surface area (Å²) in [7, 11) is 0. The van der Waals surface area contributed by atoms with Gasteiger partial charge in [-0.25, -0.2) is 0 Å². The number of hydrogen-bond acceptors (Lipinski definition) is 4. The van der Waals surface area contributed by atoms with Crippen LogP contribution in [0.2, 0.25) is 0 Å². The molecule has 0 atom stereocenters. The number of amides is 1. The molecule has 0 fully saturated rings. The number of rotatable bonds is 8. The lowest BCUT2D eigenvalue weighted by atomic mass is 10.1. The number of primary amides is 1. The molecule has 1 aromatic rings. The maximum Gasteiger partial charge on any atom is 0.231 e. The zero-order valence-corrected chi connectivity index (χ0v) is 10.8. The summed E-state index contributed by atoms with van der Waals surface area (Å²) in [5.74, 6) is -0.346.